The number of nitrogens with zero attached hydrogens (tertiary/aromatic N) is 3. The van der Waals surface area contributed by atoms with Crippen molar-refractivity contribution < 1.29 is 9.15 Å². The molecule has 0 radical (unpaired) electrons. The van der Waals surface area contributed by atoms with Gasteiger partial charge in [0.15, 0.2) is 0 Å². The number of hydrogen-bond acceptors (Lipinski definition) is 5. The molecule has 7 heteroatoms. The summed E-state index contributed by atoms with van der Waals surface area (Å²) in [4.78, 5) is 2.26. The van der Waals surface area contributed by atoms with Gasteiger partial charge in [-0.15, -0.1) is 10.2 Å². The van der Waals surface area contributed by atoms with Gasteiger partial charge < -0.3 is 9.15 Å². The Kier molecular flexibility index (Phi) is 4.28. The number of halogens is 2. The summed E-state index contributed by atoms with van der Waals surface area (Å²) in [5, 5.41) is 9.40. The topological polar surface area (TPSA) is 51.4 Å². The van der Waals surface area contributed by atoms with Crippen LogP contribution in [0, 0.1) is 0 Å². The number of hydrogen-bond donors (Lipinski definition) is 0. The van der Waals surface area contributed by atoms with E-state index in [0.29, 0.717) is 35.0 Å². The van der Waals surface area contributed by atoms with E-state index in [0.717, 1.165) is 24.5 Å². The molecule has 1 atom stereocenters. The fourth-order valence-corrected chi connectivity index (χ4v) is 3.08. The van der Waals surface area contributed by atoms with Gasteiger partial charge in [-0.05, 0) is 30.5 Å². The van der Waals surface area contributed by atoms with Gasteiger partial charge in [0.1, 0.15) is 0 Å². The molecule has 5 nitrogen and oxygen atoms in total. The lowest BCUT2D eigenvalue weighted by Gasteiger charge is -2.32. The van der Waals surface area contributed by atoms with Crippen LogP contribution in [0.1, 0.15) is 42.2 Å². The standard InChI is InChI=1S/C16H17Cl2N3O2/c17-12-4-3-11(7-13(12)18)14-8-21(5-6-22-14)9-15-19-20-16(23-15)10-1-2-10/h3-4,7,10,14H,1-2,5-6,8-9H2. The Morgan fingerprint density at radius 1 is 1.17 bits per heavy atom. The number of ether oxygens (including phenoxy) is 1. The van der Waals surface area contributed by atoms with Crippen molar-refractivity contribution in [2.75, 3.05) is 19.7 Å². The van der Waals surface area contributed by atoms with E-state index in [1.54, 1.807) is 6.07 Å². The molecule has 0 N–H and O–H groups in total. The van der Waals surface area contributed by atoms with E-state index < -0.39 is 0 Å². The van der Waals surface area contributed by atoms with Gasteiger partial charge in [-0.1, -0.05) is 29.3 Å². The molecule has 1 saturated carbocycles. The molecular formula is C16H17Cl2N3O2. The van der Waals surface area contributed by atoms with Crippen LogP contribution in [0.2, 0.25) is 10.0 Å². The summed E-state index contributed by atoms with van der Waals surface area (Å²) >= 11 is 12.1. The minimum Gasteiger partial charge on any atom is -0.424 e. The second-order valence-electron chi connectivity index (χ2n) is 6.08. The van der Waals surface area contributed by atoms with E-state index in [4.69, 9.17) is 32.4 Å². The van der Waals surface area contributed by atoms with Gasteiger partial charge in [-0.25, -0.2) is 0 Å². The van der Waals surface area contributed by atoms with Gasteiger partial charge in [-0.2, -0.15) is 0 Å². The van der Waals surface area contributed by atoms with Gasteiger partial charge in [0.25, 0.3) is 0 Å². The lowest BCUT2D eigenvalue weighted by Crippen LogP contribution is -2.37. The lowest BCUT2D eigenvalue weighted by molar-refractivity contribution is -0.0352. The Morgan fingerprint density at radius 2 is 2.04 bits per heavy atom. The molecule has 2 aliphatic rings. The Bertz CT molecular complexity index is 702. The van der Waals surface area contributed by atoms with Gasteiger partial charge in [0, 0.05) is 19.0 Å². The van der Waals surface area contributed by atoms with Crippen LogP contribution >= 0.6 is 23.2 Å². The fraction of sp³-hybridized carbons (Fsp3) is 0.500. The zero-order chi connectivity index (χ0) is 15.8. The van der Waals surface area contributed by atoms with E-state index in [-0.39, 0.29) is 6.10 Å². The molecule has 0 amide bonds. The first-order valence-corrected chi connectivity index (χ1v) is 8.56. The molecule has 0 spiro atoms. The molecule has 1 aliphatic carbocycles. The van der Waals surface area contributed by atoms with Crippen LogP contribution in [-0.2, 0) is 11.3 Å². The molecule has 122 valence electrons. The third-order valence-corrected chi connectivity index (χ3v) is 4.97. The number of benzene rings is 1. The van der Waals surface area contributed by atoms with Crippen molar-refractivity contribution in [3.63, 3.8) is 0 Å². The van der Waals surface area contributed by atoms with Crippen LogP contribution in [0.15, 0.2) is 22.6 Å². The molecule has 1 aromatic heterocycles. The third kappa shape index (κ3) is 3.53. The molecule has 1 saturated heterocycles. The number of morpholine rings is 1. The van der Waals surface area contributed by atoms with E-state index in [2.05, 4.69) is 15.1 Å². The predicted octanol–water partition coefficient (Wildman–Crippen LogP) is 3.83. The van der Waals surface area contributed by atoms with Crippen molar-refractivity contribution in [1.82, 2.24) is 15.1 Å². The van der Waals surface area contributed by atoms with Crippen LogP contribution in [0.25, 0.3) is 0 Å². The summed E-state index contributed by atoms with van der Waals surface area (Å²) in [5.41, 5.74) is 1.04. The van der Waals surface area contributed by atoms with E-state index in [9.17, 15) is 0 Å². The van der Waals surface area contributed by atoms with Crippen molar-refractivity contribution in [3.8, 4) is 0 Å². The fourth-order valence-electron chi connectivity index (χ4n) is 2.78. The van der Waals surface area contributed by atoms with Crippen molar-refractivity contribution in [2.24, 2.45) is 0 Å². The highest BCUT2D eigenvalue weighted by molar-refractivity contribution is 6.42. The Morgan fingerprint density at radius 3 is 2.83 bits per heavy atom. The van der Waals surface area contributed by atoms with E-state index >= 15 is 0 Å². The molecule has 2 aromatic rings. The number of rotatable bonds is 4. The van der Waals surface area contributed by atoms with Crippen LogP contribution < -0.4 is 0 Å². The summed E-state index contributed by atoms with van der Waals surface area (Å²) < 4.78 is 11.6. The minimum absolute atomic E-state index is 0.0238. The molecule has 4 rings (SSSR count). The molecular weight excluding hydrogens is 337 g/mol. The highest BCUT2D eigenvalue weighted by Crippen LogP contribution is 2.39. The quantitative estimate of drug-likeness (QED) is 0.835. The van der Waals surface area contributed by atoms with Crippen molar-refractivity contribution in [2.45, 2.75) is 31.4 Å². The molecule has 1 unspecified atom stereocenters. The Balaban J connectivity index is 1.42. The second-order valence-corrected chi connectivity index (χ2v) is 6.89. The summed E-state index contributed by atoms with van der Waals surface area (Å²) in [5.74, 6) is 1.96. The Labute approximate surface area is 144 Å². The van der Waals surface area contributed by atoms with Crippen LogP contribution in [0.5, 0.6) is 0 Å². The minimum atomic E-state index is -0.0238. The lowest BCUT2D eigenvalue weighted by atomic mass is 10.1. The van der Waals surface area contributed by atoms with Crippen LogP contribution in [-0.4, -0.2) is 34.8 Å². The van der Waals surface area contributed by atoms with Gasteiger partial charge in [-0.3, -0.25) is 4.90 Å². The summed E-state index contributed by atoms with van der Waals surface area (Å²) in [6.45, 7) is 2.92. The van der Waals surface area contributed by atoms with E-state index in [1.165, 1.54) is 12.8 Å². The first-order valence-electron chi connectivity index (χ1n) is 7.80. The third-order valence-electron chi connectivity index (χ3n) is 4.23. The average molecular weight is 354 g/mol. The largest absolute Gasteiger partial charge is 0.424 e. The van der Waals surface area contributed by atoms with Gasteiger partial charge in [0.2, 0.25) is 11.8 Å². The second kappa shape index (κ2) is 6.40. The maximum absolute atomic E-state index is 6.10. The molecule has 0 bridgehead atoms. The van der Waals surface area contributed by atoms with Gasteiger partial charge >= 0.3 is 0 Å². The SMILES string of the molecule is Clc1ccc(C2CN(Cc3nnc(C4CC4)o3)CCO2)cc1Cl. The maximum Gasteiger partial charge on any atom is 0.230 e. The maximum atomic E-state index is 6.10. The molecule has 1 aliphatic heterocycles. The summed E-state index contributed by atoms with van der Waals surface area (Å²) in [6.07, 6.45) is 2.31. The van der Waals surface area contributed by atoms with E-state index in [1.807, 2.05) is 12.1 Å². The molecule has 23 heavy (non-hydrogen) atoms. The van der Waals surface area contributed by atoms with Crippen LogP contribution in [0.3, 0.4) is 0 Å². The van der Waals surface area contributed by atoms with Crippen molar-refractivity contribution in [3.05, 3.63) is 45.6 Å². The first kappa shape index (κ1) is 15.4. The van der Waals surface area contributed by atoms with Crippen molar-refractivity contribution in [1.29, 1.82) is 0 Å². The normalized spacial score (nSPS) is 22.4. The monoisotopic (exact) mass is 353 g/mol. The summed E-state index contributed by atoms with van der Waals surface area (Å²) in [6, 6.07) is 5.64. The van der Waals surface area contributed by atoms with Crippen LogP contribution in [0.4, 0.5) is 0 Å². The highest BCUT2D eigenvalue weighted by atomic mass is 35.5. The molecule has 1 aromatic carbocycles. The zero-order valence-corrected chi connectivity index (χ0v) is 14.1. The predicted molar refractivity (Wildman–Crippen MR) is 86.7 cm³/mol. The Hall–Kier alpha value is -1.14. The first-order chi connectivity index (χ1) is 11.2. The van der Waals surface area contributed by atoms with Crippen molar-refractivity contribution >= 4 is 23.2 Å². The smallest absolute Gasteiger partial charge is 0.230 e. The number of aromatic nitrogens is 2. The molecule has 2 heterocycles. The summed E-state index contributed by atoms with van der Waals surface area (Å²) in [7, 11) is 0. The zero-order valence-electron chi connectivity index (χ0n) is 12.5. The molecule has 2 fully saturated rings. The average Bonchev–Trinajstić information content (AvgIpc) is 3.31. The van der Waals surface area contributed by atoms with Gasteiger partial charge in [0.05, 0.1) is 29.3 Å². The highest BCUT2D eigenvalue weighted by Gasteiger charge is 2.30.